The van der Waals surface area contributed by atoms with Crippen LogP contribution in [-0.4, -0.2) is 29.3 Å². The van der Waals surface area contributed by atoms with Crippen molar-refractivity contribution >= 4 is 63.3 Å². The fourth-order valence-corrected chi connectivity index (χ4v) is 3.58. The van der Waals surface area contributed by atoms with Crippen molar-refractivity contribution in [1.29, 1.82) is 0 Å². The molecule has 3 rings (SSSR count). The molecule has 0 saturated heterocycles. The molecule has 134 valence electrons. The van der Waals surface area contributed by atoms with E-state index in [1.807, 2.05) is 13.0 Å². The lowest BCUT2D eigenvalue weighted by molar-refractivity contribution is -0.116. The summed E-state index contributed by atoms with van der Waals surface area (Å²) in [6.07, 6.45) is 0. The van der Waals surface area contributed by atoms with Crippen LogP contribution in [0.4, 0.5) is 11.4 Å². The molecule has 0 aromatic heterocycles. The largest absolute Gasteiger partial charge is 0.325 e. The van der Waals surface area contributed by atoms with E-state index in [2.05, 4.69) is 10.3 Å². The molecule has 0 bridgehead atoms. The smallest absolute Gasteiger partial charge is 0.254 e. The molecule has 0 saturated carbocycles. The van der Waals surface area contributed by atoms with Crippen LogP contribution in [0.15, 0.2) is 47.5 Å². The fourth-order valence-electron chi connectivity index (χ4n) is 2.36. The van der Waals surface area contributed by atoms with Crippen molar-refractivity contribution in [3.05, 3.63) is 58.1 Å². The molecule has 5 nitrogen and oxygen atoms in total. The van der Waals surface area contributed by atoms with Crippen molar-refractivity contribution in [2.45, 2.75) is 6.92 Å². The van der Waals surface area contributed by atoms with Crippen LogP contribution in [0.5, 0.6) is 0 Å². The third kappa shape index (κ3) is 4.20. The Labute approximate surface area is 165 Å². The Hall–Kier alpha value is -2.02. The molecule has 0 aliphatic carbocycles. The second-order valence-corrected chi connectivity index (χ2v) is 7.34. The van der Waals surface area contributed by atoms with E-state index in [0.717, 1.165) is 5.56 Å². The van der Waals surface area contributed by atoms with Crippen LogP contribution in [0.2, 0.25) is 10.0 Å². The van der Waals surface area contributed by atoms with Gasteiger partial charge in [0.15, 0.2) is 5.17 Å². The summed E-state index contributed by atoms with van der Waals surface area (Å²) in [4.78, 5) is 30.0. The van der Waals surface area contributed by atoms with Gasteiger partial charge in [0.25, 0.3) is 5.91 Å². The van der Waals surface area contributed by atoms with E-state index in [0.29, 0.717) is 26.6 Å². The maximum absolute atomic E-state index is 12.2. The van der Waals surface area contributed by atoms with E-state index in [1.165, 1.54) is 16.7 Å². The van der Waals surface area contributed by atoms with Gasteiger partial charge in [-0.3, -0.25) is 19.5 Å². The summed E-state index contributed by atoms with van der Waals surface area (Å²) in [6, 6.07) is 12.4. The fraction of sp³-hybridized carbons (Fsp3) is 0.167. The van der Waals surface area contributed by atoms with E-state index in [4.69, 9.17) is 23.2 Å². The highest BCUT2D eigenvalue weighted by atomic mass is 35.5. The molecule has 1 heterocycles. The van der Waals surface area contributed by atoms with Gasteiger partial charge in [-0.2, -0.15) is 0 Å². The monoisotopic (exact) mass is 407 g/mol. The van der Waals surface area contributed by atoms with Crippen molar-refractivity contribution in [2.24, 2.45) is 4.99 Å². The standard InChI is InChI=1S/C18H15Cl2N3O2S/c1-11-6-7-12(8-14(11)20)22-16(24)10-26-18-21-9-17(25)23(18)15-5-3-2-4-13(15)19/h2-8H,9-10H2,1H3,(H,22,24). The number of amidine groups is 1. The first kappa shape index (κ1) is 18.8. The van der Waals surface area contributed by atoms with Crippen molar-refractivity contribution in [1.82, 2.24) is 0 Å². The number of hydrogen-bond acceptors (Lipinski definition) is 4. The lowest BCUT2D eigenvalue weighted by Gasteiger charge is -2.19. The Morgan fingerprint density at radius 2 is 2.00 bits per heavy atom. The minimum absolute atomic E-state index is 0.0444. The number of nitrogens with one attached hydrogen (secondary N) is 1. The summed E-state index contributed by atoms with van der Waals surface area (Å²) in [5.41, 5.74) is 2.13. The van der Waals surface area contributed by atoms with Gasteiger partial charge in [0, 0.05) is 10.7 Å². The Bertz CT molecular complexity index is 902. The van der Waals surface area contributed by atoms with Gasteiger partial charge in [-0.1, -0.05) is 53.2 Å². The molecular formula is C18H15Cl2N3O2S. The second-order valence-electron chi connectivity index (χ2n) is 5.58. The number of benzene rings is 2. The Morgan fingerprint density at radius 3 is 2.73 bits per heavy atom. The Balaban J connectivity index is 1.64. The molecule has 1 aliphatic rings. The normalized spacial score (nSPS) is 13.7. The summed E-state index contributed by atoms with van der Waals surface area (Å²) in [5, 5.41) is 4.28. The highest BCUT2D eigenvalue weighted by Crippen LogP contribution is 2.30. The molecule has 0 unspecified atom stereocenters. The Kier molecular flexibility index (Phi) is 5.86. The summed E-state index contributed by atoms with van der Waals surface area (Å²) in [6.45, 7) is 1.94. The van der Waals surface area contributed by atoms with Crippen molar-refractivity contribution in [3.63, 3.8) is 0 Å². The zero-order valence-corrected chi connectivity index (χ0v) is 16.2. The summed E-state index contributed by atoms with van der Waals surface area (Å²) < 4.78 is 0. The van der Waals surface area contributed by atoms with E-state index < -0.39 is 0 Å². The van der Waals surface area contributed by atoms with Gasteiger partial charge in [0.1, 0.15) is 6.54 Å². The first-order valence-corrected chi connectivity index (χ1v) is 9.50. The molecule has 0 fully saturated rings. The maximum Gasteiger partial charge on any atom is 0.254 e. The molecule has 1 aliphatic heterocycles. The first-order valence-electron chi connectivity index (χ1n) is 7.76. The van der Waals surface area contributed by atoms with Crippen LogP contribution in [-0.2, 0) is 9.59 Å². The third-order valence-corrected chi connectivity index (χ3v) is 5.37. The number of carbonyl (C=O) groups excluding carboxylic acids is 2. The molecule has 2 aromatic carbocycles. The van der Waals surface area contributed by atoms with E-state index >= 15 is 0 Å². The average molecular weight is 408 g/mol. The number of hydrogen-bond donors (Lipinski definition) is 1. The van der Waals surface area contributed by atoms with Gasteiger partial charge in [-0.25, -0.2) is 0 Å². The van der Waals surface area contributed by atoms with Gasteiger partial charge in [-0.15, -0.1) is 0 Å². The van der Waals surface area contributed by atoms with Gasteiger partial charge >= 0.3 is 0 Å². The van der Waals surface area contributed by atoms with Crippen LogP contribution in [0.25, 0.3) is 0 Å². The summed E-state index contributed by atoms with van der Waals surface area (Å²) >= 11 is 13.4. The second kappa shape index (κ2) is 8.12. The van der Waals surface area contributed by atoms with E-state index in [1.54, 1.807) is 36.4 Å². The number of thioether (sulfide) groups is 1. The minimum atomic E-state index is -0.212. The highest BCUT2D eigenvalue weighted by Gasteiger charge is 2.29. The Morgan fingerprint density at radius 1 is 1.23 bits per heavy atom. The molecule has 26 heavy (non-hydrogen) atoms. The molecule has 1 N–H and O–H groups in total. The summed E-state index contributed by atoms with van der Waals surface area (Å²) in [7, 11) is 0. The average Bonchev–Trinajstić information content (AvgIpc) is 2.97. The third-order valence-electron chi connectivity index (χ3n) is 3.67. The topological polar surface area (TPSA) is 61.8 Å². The number of aliphatic imine (C=N–C) groups is 1. The maximum atomic E-state index is 12.2. The zero-order valence-electron chi connectivity index (χ0n) is 13.8. The molecule has 2 aromatic rings. The minimum Gasteiger partial charge on any atom is -0.325 e. The summed E-state index contributed by atoms with van der Waals surface area (Å²) in [5.74, 6) is -0.277. The number of anilines is 2. The van der Waals surface area contributed by atoms with Crippen molar-refractivity contribution in [3.8, 4) is 0 Å². The van der Waals surface area contributed by atoms with E-state index in [9.17, 15) is 9.59 Å². The lowest BCUT2D eigenvalue weighted by Crippen LogP contribution is -2.31. The molecule has 2 amide bonds. The first-order chi connectivity index (χ1) is 12.5. The van der Waals surface area contributed by atoms with Crippen LogP contribution in [0, 0.1) is 6.92 Å². The highest BCUT2D eigenvalue weighted by molar-refractivity contribution is 8.14. The number of halogens is 2. The predicted octanol–water partition coefficient (Wildman–Crippen LogP) is 4.38. The van der Waals surface area contributed by atoms with Crippen molar-refractivity contribution in [2.75, 3.05) is 22.5 Å². The van der Waals surface area contributed by atoms with Gasteiger partial charge < -0.3 is 5.32 Å². The van der Waals surface area contributed by atoms with Gasteiger partial charge in [-0.05, 0) is 36.8 Å². The quantitative estimate of drug-likeness (QED) is 0.817. The number of nitrogens with zero attached hydrogens (tertiary/aromatic N) is 2. The van der Waals surface area contributed by atoms with Crippen LogP contribution >= 0.6 is 35.0 Å². The number of aryl methyl sites for hydroxylation is 1. The van der Waals surface area contributed by atoms with Crippen LogP contribution in [0.1, 0.15) is 5.56 Å². The van der Waals surface area contributed by atoms with E-state index in [-0.39, 0.29) is 24.1 Å². The molecule has 0 radical (unpaired) electrons. The molecular weight excluding hydrogens is 393 g/mol. The van der Waals surface area contributed by atoms with Gasteiger partial charge in [0.2, 0.25) is 5.91 Å². The van der Waals surface area contributed by atoms with Crippen molar-refractivity contribution < 1.29 is 9.59 Å². The van der Waals surface area contributed by atoms with Crippen LogP contribution < -0.4 is 10.2 Å². The zero-order chi connectivity index (χ0) is 18.7. The van der Waals surface area contributed by atoms with Gasteiger partial charge in [0.05, 0.1) is 16.5 Å². The molecule has 0 spiro atoms. The number of carbonyl (C=O) groups is 2. The van der Waals surface area contributed by atoms with Crippen LogP contribution in [0.3, 0.4) is 0 Å². The number of amides is 2. The predicted molar refractivity (Wildman–Crippen MR) is 109 cm³/mol. The number of para-hydroxylation sites is 1. The SMILES string of the molecule is Cc1ccc(NC(=O)CSC2=NCC(=O)N2c2ccccc2Cl)cc1Cl. The molecule has 0 atom stereocenters. The molecule has 8 heteroatoms. The number of rotatable bonds is 4. The lowest BCUT2D eigenvalue weighted by atomic mass is 10.2.